The fourth-order valence-corrected chi connectivity index (χ4v) is 5.55. The summed E-state index contributed by atoms with van der Waals surface area (Å²) in [7, 11) is -1.03. The van der Waals surface area contributed by atoms with Crippen LogP contribution in [0.2, 0.25) is 0 Å². The van der Waals surface area contributed by atoms with Crippen LogP contribution in [-0.4, -0.2) is 27.7 Å². The molecule has 10 radical (unpaired) electrons. The molecule has 3 aliphatic carbocycles. The van der Waals surface area contributed by atoms with E-state index in [0.29, 0.717) is 11.3 Å². The maximum atomic E-state index is 13.2. The number of nitrogens with zero attached hydrogens (tertiary/aromatic N) is 1. The normalized spacial score (nSPS) is 27.6. The van der Waals surface area contributed by atoms with Gasteiger partial charge >= 0.3 is 17.1 Å². The van der Waals surface area contributed by atoms with Crippen molar-refractivity contribution >= 4 is 9.73 Å². The SMILES string of the molecule is CN=[S@@](=O)(C[C@@]1(O)CCC[C]2[CH][CH][CH][C]21)c1ccccc1.[CH]1[CH][CH][CH][CH]1.[Fe+2]. The number of benzene rings is 1. The number of fused-ring (bicyclic) bond motifs is 1. The molecule has 0 amide bonds. The smallest absolute Gasteiger partial charge is 0.388 e. The van der Waals surface area contributed by atoms with E-state index < -0.39 is 15.3 Å². The Labute approximate surface area is 176 Å². The van der Waals surface area contributed by atoms with Crippen molar-refractivity contribution in [2.45, 2.75) is 29.8 Å². The molecule has 5 heteroatoms. The molecule has 1 aromatic carbocycles. The van der Waals surface area contributed by atoms with Crippen LogP contribution < -0.4 is 0 Å². The summed E-state index contributed by atoms with van der Waals surface area (Å²) in [6.07, 6.45) is 18.5. The first kappa shape index (κ1) is 22.9. The molecule has 3 nitrogen and oxygen atoms in total. The average molecular weight is 423 g/mol. The molecule has 0 aromatic heterocycles. The molecule has 3 saturated carbocycles. The van der Waals surface area contributed by atoms with Gasteiger partial charge in [0.2, 0.25) is 0 Å². The summed E-state index contributed by atoms with van der Waals surface area (Å²) in [5, 5.41) is 11.1. The van der Waals surface area contributed by atoms with Gasteiger partial charge in [-0.15, -0.1) is 0 Å². The summed E-state index contributed by atoms with van der Waals surface area (Å²) in [5.74, 6) is 2.27. The summed E-state index contributed by atoms with van der Waals surface area (Å²) in [6, 6.07) is 9.27. The zero-order valence-electron chi connectivity index (χ0n) is 15.4. The van der Waals surface area contributed by atoms with E-state index >= 15 is 0 Å². The van der Waals surface area contributed by atoms with E-state index in [4.69, 9.17) is 0 Å². The third-order valence-corrected chi connectivity index (χ3v) is 7.31. The van der Waals surface area contributed by atoms with Crippen LogP contribution in [0.3, 0.4) is 0 Å². The largest absolute Gasteiger partial charge is 2.00 e. The molecule has 1 aromatic rings. The summed E-state index contributed by atoms with van der Waals surface area (Å²) in [5.41, 5.74) is -1.04. The van der Waals surface area contributed by atoms with Gasteiger partial charge in [-0.05, 0) is 88.7 Å². The van der Waals surface area contributed by atoms with E-state index in [1.165, 1.54) is 5.92 Å². The molecule has 27 heavy (non-hydrogen) atoms. The topological polar surface area (TPSA) is 49.7 Å². The molecular weight excluding hydrogens is 398 g/mol. The molecular formula is C22H25FeNO2S+2. The maximum absolute atomic E-state index is 13.2. The first-order valence-electron chi connectivity index (χ1n) is 8.89. The van der Waals surface area contributed by atoms with Gasteiger partial charge in [0.05, 0.1) is 21.1 Å². The fourth-order valence-electron chi connectivity index (χ4n) is 3.52. The second-order valence-electron chi connectivity index (χ2n) is 6.59. The van der Waals surface area contributed by atoms with Crippen LogP contribution in [-0.2, 0) is 26.8 Å². The number of hydrogen-bond donors (Lipinski definition) is 1. The first-order chi connectivity index (χ1) is 12.6. The van der Waals surface area contributed by atoms with E-state index in [1.807, 2.05) is 81.7 Å². The number of rotatable bonds is 3. The van der Waals surface area contributed by atoms with E-state index in [-0.39, 0.29) is 22.8 Å². The van der Waals surface area contributed by atoms with Crippen LogP contribution in [0.15, 0.2) is 39.6 Å². The number of aliphatic hydroxyl groups is 1. The van der Waals surface area contributed by atoms with Crippen molar-refractivity contribution < 1.29 is 26.4 Å². The van der Waals surface area contributed by atoms with Gasteiger partial charge < -0.3 is 5.11 Å². The molecule has 2 atom stereocenters. The van der Waals surface area contributed by atoms with Crippen molar-refractivity contribution in [3.63, 3.8) is 0 Å². The van der Waals surface area contributed by atoms with Gasteiger partial charge in [-0.1, -0.05) is 18.2 Å². The second-order valence-corrected chi connectivity index (χ2v) is 9.00. The van der Waals surface area contributed by atoms with E-state index in [1.54, 1.807) is 7.05 Å². The summed E-state index contributed by atoms with van der Waals surface area (Å²) in [6.45, 7) is 0. The summed E-state index contributed by atoms with van der Waals surface area (Å²) < 4.78 is 17.4. The van der Waals surface area contributed by atoms with E-state index in [9.17, 15) is 9.32 Å². The predicted octanol–water partition coefficient (Wildman–Crippen LogP) is 3.85. The third-order valence-electron chi connectivity index (χ3n) is 4.84. The molecule has 142 valence electrons. The van der Waals surface area contributed by atoms with Gasteiger partial charge in [0.1, 0.15) is 0 Å². The third kappa shape index (κ3) is 5.59. The van der Waals surface area contributed by atoms with Gasteiger partial charge in [0.15, 0.2) is 0 Å². The van der Waals surface area contributed by atoms with Gasteiger partial charge in [0, 0.05) is 17.9 Å². The van der Waals surface area contributed by atoms with Crippen LogP contribution in [0.25, 0.3) is 0 Å². The van der Waals surface area contributed by atoms with Crippen LogP contribution in [0.4, 0.5) is 0 Å². The minimum atomic E-state index is -2.61. The molecule has 0 aliphatic heterocycles. The Balaban J connectivity index is 0.000000379. The Hall–Kier alpha value is -0.351. The summed E-state index contributed by atoms with van der Waals surface area (Å²) in [4.78, 5) is 0.694. The molecule has 0 bridgehead atoms. The molecule has 0 spiro atoms. The second kappa shape index (κ2) is 10.4. The molecule has 1 N–H and O–H groups in total. The predicted molar refractivity (Wildman–Crippen MR) is 106 cm³/mol. The Morgan fingerprint density at radius 3 is 2.26 bits per heavy atom. The van der Waals surface area contributed by atoms with E-state index in [0.717, 1.165) is 18.8 Å². The van der Waals surface area contributed by atoms with E-state index in [2.05, 4.69) is 4.36 Å². The maximum Gasteiger partial charge on any atom is 2.00 e. The number of hydrogen-bond acceptors (Lipinski definition) is 3. The molecule has 0 saturated heterocycles. The van der Waals surface area contributed by atoms with Gasteiger partial charge in [-0.3, -0.25) is 0 Å². The van der Waals surface area contributed by atoms with Crippen molar-refractivity contribution in [2.24, 2.45) is 4.36 Å². The Morgan fingerprint density at radius 2 is 1.67 bits per heavy atom. The van der Waals surface area contributed by atoms with Crippen molar-refractivity contribution in [1.82, 2.24) is 0 Å². The van der Waals surface area contributed by atoms with Crippen molar-refractivity contribution in [3.05, 3.63) is 93.5 Å². The van der Waals surface area contributed by atoms with Crippen LogP contribution >= 0.6 is 0 Å². The molecule has 3 aliphatic rings. The molecule has 3 fully saturated rings. The van der Waals surface area contributed by atoms with Crippen molar-refractivity contribution in [1.29, 1.82) is 0 Å². The fraction of sp³-hybridized carbons (Fsp3) is 0.273. The molecule has 4 rings (SSSR count). The standard InChI is InChI=1S/C17H20NO2S.C5H5.Fe/c1-18-21(20,15-9-3-2-4-10-15)13-17(19)12-6-8-14-7-5-11-16(14)17;1-2-4-5-3-1;/h2-5,7,9-11,19H,6,8,12-13H2,1H3;1-5H;/q;;+2/t17-,21+;;/m0../s1. The van der Waals surface area contributed by atoms with Crippen LogP contribution in [0.5, 0.6) is 0 Å². The van der Waals surface area contributed by atoms with Crippen LogP contribution in [0.1, 0.15) is 19.3 Å². The van der Waals surface area contributed by atoms with Crippen molar-refractivity contribution in [2.75, 3.05) is 12.8 Å². The Bertz CT molecular complexity index is 675. The van der Waals surface area contributed by atoms with Crippen LogP contribution in [0, 0.1) is 63.2 Å². The van der Waals surface area contributed by atoms with Gasteiger partial charge in [0.25, 0.3) is 0 Å². The Morgan fingerprint density at radius 1 is 1.04 bits per heavy atom. The first-order valence-corrected chi connectivity index (χ1v) is 10.6. The minimum absolute atomic E-state index is 0. The quantitative estimate of drug-likeness (QED) is 0.751. The monoisotopic (exact) mass is 423 g/mol. The minimum Gasteiger partial charge on any atom is -0.388 e. The summed E-state index contributed by atoms with van der Waals surface area (Å²) >= 11 is 0. The molecule has 0 heterocycles. The van der Waals surface area contributed by atoms with Crippen molar-refractivity contribution in [3.8, 4) is 0 Å². The molecule has 0 unspecified atom stereocenters. The average Bonchev–Trinajstić information content (AvgIpc) is 3.37. The Kier molecular flexibility index (Phi) is 8.86. The zero-order chi connectivity index (χ0) is 18.5. The van der Waals surface area contributed by atoms with Gasteiger partial charge in [-0.25, -0.2) is 8.57 Å². The van der Waals surface area contributed by atoms with Gasteiger partial charge in [-0.2, -0.15) is 0 Å². The zero-order valence-corrected chi connectivity index (χ0v) is 17.3.